The Morgan fingerprint density at radius 3 is 2.95 bits per heavy atom. The van der Waals surface area contributed by atoms with Crippen LogP contribution in [-0.2, 0) is 7.05 Å². The summed E-state index contributed by atoms with van der Waals surface area (Å²) in [5.41, 5.74) is 1.80. The van der Waals surface area contributed by atoms with Crippen LogP contribution in [-0.4, -0.2) is 28.5 Å². The molecule has 6 heteroatoms. The van der Waals surface area contributed by atoms with Gasteiger partial charge in [0.25, 0.3) is 0 Å². The number of nitrogens with one attached hydrogen (secondary N) is 2. The molecule has 0 radical (unpaired) electrons. The highest BCUT2D eigenvalue weighted by Crippen LogP contribution is 2.13. The second-order valence-corrected chi connectivity index (χ2v) is 4.98. The first kappa shape index (κ1) is 14.9. The van der Waals surface area contributed by atoms with Gasteiger partial charge in [-0.05, 0) is 31.5 Å². The Morgan fingerprint density at radius 2 is 2.29 bits per heavy atom. The third-order valence-corrected chi connectivity index (χ3v) is 2.84. The van der Waals surface area contributed by atoms with Crippen LogP contribution in [0.5, 0.6) is 5.75 Å². The van der Waals surface area contributed by atoms with Crippen molar-refractivity contribution in [1.82, 2.24) is 15.1 Å². The molecule has 21 heavy (non-hydrogen) atoms. The van der Waals surface area contributed by atoms with Gasteiger partial charge in [-0.1, -0.05) is 12.1 Å². The van der Waals surface area contributed by atoms with Crippen LogP contribution in [0.15, 0.2) is 36.7 Å². The number of hydrogen-bond donors (Lipinski definition) is 2. The number of benzene rings is 1. The van der Waals surface area contributed by atoms with Crippen LogP contribution < -0.4 is 15.4 Å². The van der Waals surface area contributed by atoms with Crippen LogP contribution in [0.25, 0.3) is 0 Å². The topological polar surface area (TPSA) is 68.2 Å². The van der Waals surface area contributed by atoms with Crippen LogP contribution in [0.2, 0.25) is 0 Å². The molecule has 0 aliphatic rings. The van der Waals surface area contributed by atoms with Gasteiger partial charge in [0.1, 0.15) is 11.9 Å². The molecule has 112 valence electrons. The zero-order valence-corrected chi connectivity index (χ0v) is 12.5. The van der Waals surface area contributed by atoms with Gasteiger partial charge >= 0.3 is 6.03 Å². The maximum Gasteiger partial charge on any atom is 0.319 e. The van der Waals surface area contributed by atoms with Gasteiger partial charge < -0.3 is 15.4 Å². The Morgan fingerprint density at radius 1 is 1.48 bits per heavy atom. The van der Waals surface area contributed by atoms with Crippen LogP contribution in [0.1, 0.15) is 12.5 Å². The molecule has 0 spiro atoms. The van der Waals surface area contributed by atoms with E-state index >= 15 is 0 Å². The lowest BCUT2D eigenvalue weighted by Crippen LogP contribution is -2.36. The van der Waals surface area contributed by atoms with Crippen molar-refractivity contribution in [2.75, 3.05) is 11.9 Å². The Labute approximate surface area is 124 Å². The summed E-state index contributed by atoms with van der Waals surface area (Å²) in [5, 5.41) is 9.44. The molecule has 2 aromatic rings. The monoisotopic (exact) mass is 288 g/mol. The highest BCUT2D eigenvalue weighted by atomic mass is 16.5. The van der Waals surface area contributed by atoms with Gasteiger partial charge in [0.15, 0.2) is 0 Å². The van der Waals surface area contributed by atoms with E-state index in [0.717, 1.165) is 11.3 Å². The summed E-state index contributed by atoms with van der Waals surface area (Å²) in [6.07, 6.45) is 3.20. The quantitative estimate of drug-likeness (QED) is 0.887. The van der Waals surface area contributed by atoms with Crippen LogP contribution >= 0.6 is 0 Å². The van der Waals surface area contributed by atoms with E-state index in [-0.39, 0.29) is 12.1 Å². The lowest BCUT2D eigenvalue weighted by atomic mass is 10.2. The molecule has 0 saturated carbocycles. The third kappa shape index (κ3) is 4.83. The number of amides is 2. The van der Waals surface area contributed by atoms with Crippen molar-refractivity contribution in [2.24, 2.45) is 7.05 Å². The maximum absolute atomic E-state index is 11.7. The molecule has 0 saturated heterocycles. The molecule has 1 atom stereocenters. The first-order chi connectivity index (χ1) is 10.0. The van der Waals surface area contributed by atoms with E-state index in [1.807, 2.05) is 38.1 Å². The first-order valence-electron chi connectivity index (χ1n) is 6.80. The third-order valence-electron chi connectivity index (χ3n) is 2.84. The molecule has 6 nitrogen and oxygen atoms in total. The minimum absolute atomic E-state index is 0.119. The number of anilines is 1. The van der Waals surface area contributed by atoms with Crippen molar-refractivity contribution in [1.29, 1.82) is 0 Å². The Bertz CT molecular complexity index is 609. The van der Waals surface area contributed by atoms with Gasteiger partial charge in [-0.2, -0.15) is 5.10 Å². The number of carbonyl (C=O) groups is 1. The molecule has 2 rings (SSSR count). The van der Waals surface area contributed by atoms with Gasteiger partial charge in [-0.25, -0.2) is 4.79 Å². The first-order valence-corrected chi connectivity index (χ1v) is 6.80. The van der Waals surface area contributed by atoms with E-state index < -0.39 is 0 Å². The summed E-state index contributed by atoms with van der Waals surface area (Å²) in [4.78, 5) is 11.7. The normalized spacial score (nSPS) is 11.8. The SMILES string of the molecule is Cc1cccc(O[C@H](C)CNC(=O)Nc2cnn(C)c2)c1. The lowest BCUT2D eigenvalue weighted by Gasteiger charge is -2.15. The van der Waals surface area contributed by atoms with Gasteiger partial charge in [-0.15, -0.1) is 0 Å². The molecule has 0 aliphatic heterocycles. The summed E-state index contributed by atoms with van der Waals surface area (Å²) in [5.74, 6) is 0.803. The number of carbonyl (C=O) groups excluding carboxylic acids is 1. The Kier molecular flexibility index (Phi) is 4.81. The molecule has 2 N–H and O–H groups in total. The zero-order valence-electron chi connectivity index (χ0n) is 12.5. The van der Waals surface area contributed by atoms with Crippen molar-refractivity contribution >= 4 is 11.7 Å². The van der Waals surface area contributed by atoms with E-state index in [0.29, 0.717) is 12.2 Å². The zero-order chi connectivity index (χ0) is 15.2. The van der Waals surface area contributed by atoms with Crippen LogP contribution in [0.4, 0.5) is 10.5 Å². The minimum atomic E-state index is -0.275. The smallest absolute Gasteiger partial charge is 0.319 e. The van der Waals surface area contributed by atoms with Crippen molar-refractivity contribution < 1.29 is 9.53 Å². The summed E-state index contributed by atoms with van der Waals surface area (Å²) >= 11 is 0. The fourth-order valence-corrected chi connectivity index (χ4v) is 1.86. The maximum atomic E-state index is 11.7. The number of nitrogens with zero attached hydrogens (tertiary/aromatic N) is 2. The minimum Gasteiger partial charge on any atom is -0.489 e. The van der Waals surface area contributed by atoms with Gasteiger partial charge in [0.05, 0.1) is 18.4 Å². The van der Waals surface area contributed by atoms with E-state index in [4.69, 9.17) is 4.74 Å². The summed E-state index contributed by atoms with van der Waals surface area (Å²) in [6.45, 7) is 4.34. The van der Waals surface area contributed by atoms with Crippen molar-refractivity contribution in [3.8, 4) is 5.75 Å². The fraction of sp³-hybridized carbons (Fsp3) is 0.333. The number of urea groups is 1. The summed E-state index contributed by atoms with van der Waals surface area (Å²) < 4.78 is 7.37. The van der Waals surface area contributed by atoms with Gasteiger partial charge in [-0.3, -0.25) is 4.68 Å². The molecule has 0 unspecified atom stereocenters. The second-order valence-electron chi connectivity index (χ2n) is 4.98. The average Bonchev–Trinajstić information content (AvgIpc) is 2.82. The number of rotatable bonds is 5. The number of hydrogen-bond acceptors (Lipinski definition) is 3. The molecule has 0 aliphatic carbocycles. The molecule has 1 heterocycles. The summed E-state index contributed by atoms with van der Waals surface area (Å²) in [7, 11) is 1.79. The largest absolute Gasteiger partial charge is 0.489 e. The lowest BCUT2D eigenvalue weighted by molar-refractivity contribution is 0.212. The predicted octanol–water partition coefficient (Wildman–Crippen LogP) is 2.32. The summed E-state index contributed by atoms with van der Waals surface area (Å²) in [6, 6.07) is 7.55. The highest BCUT2D eigenvalue weighted by molar-refractivity contribution is 5.88. The van der Waals surface area contributed by atoms with E-state index in [1.165, 1.54) is 0 Å². The van der Waals surface area contributed by atoms with E-state index in [2.05, 4.69) is 15.7 Å². The van der Waals surface area contributed by atoms with Crippen molar-refractivity contribution in [2.45, 2.75) is 20.0 Å². The highest BCUT2D eigenvalue weighted by Gasteiger charge is 2.08. The molecule has 1 aromatic heterocycles. The van der Waals surface area contributed by atoms with E-state index in [1.54, 1.807) is 24.1 Å². The van der Waals surface area contributed by atoms with Gasteiger partial charge in [0, 0.05) is 13.2 Å². The Hall–Kier alpha value is -2.50. The number of aryl methyl sites for hydroxylation is 2. The molecule has 1 aromatic carbocycles. The van der Waals surface area contributed by atoms with Crippen LogP contribution in [0, 0.1) is 6.92 Å². The average molecular weight is 288 g/mol. The second kappa shape index (κ2) is 6.78. The molecule has 0 bridgehead atoms. The molecular weight excluding hydrogens is 268 g/mol. The number of ether oxygens (including phenoxy) is 1. The van der Waals surface area contributed by atoms with Crippen molar-refractivity contribution in [3.05, 3.63) is 42.2 Å². The fourth-order valence-electron chi connectivity index (χ4n) is 1.86. The number of aromatic nitrogens is 2. The molecule has 0 fully saturated rings. The van der Waals surface area contributed by atoms with Crippen LogP contribution in [0.3, 0.4) is 0 Å². The predicted molar refractivity (Wildman–Crippen MR) is 81.5 cm³/mol. The molecular formula is C15H20N4O2. The standard InChI is InChI=1S/C15H20N4O2/c1-11-5-4-6-14(7-11)21-12(2)8-16-15(20)18-13-9-17-19(3)10-13/h4-7,9-10,12H,8H2,1-3H3,(H2,16,18,20)/t12-/m1/s1. The molecule has 2 amide bonds. The van der Waals surface area contributed by atoms with Crippen molar-refractivity contribution in [3.63, 3.8) is 0 Å². The van der Waals surface area contributed by atoms with Gasteiger partial charge in [0.2, 0.25) is 0 Å². The Balaban J connectivity index is 1.75. The van der Waals surface area contributed by atoms with E-state index in [9.17, 15) is 4.79 Å².